The van der Waals surface area contributed by atoms with E-state index in [2.05, 4.69) is 28.4 Å². The fraction of sp³-hybridized carbons (Fsp3) is 0.812. The third-order valence-electron chi connectivity index (χ3n) is 4.64. The van der Waals surface area contributed by atoms with Gasteiger partial charge in [0.05, 0.1) is 12.6 Å². The Bertz CT molecular complexity index is 364. The van der Waals surface area contributed by atoms with Crippen LogP contribution in [-0.2, 0) is 4.79 Å². The molecule has 0 spiro atoms. The largest absolute Gasteiger partial charge is 0.344 e. The minimum atomic E-state index is -0.0919. The van der Waals surface area contributed by atoms with E-state index >= 15 is 0 Å². The first-order chi connectivity index (χ1) is 9.65. The maximum absolute atomic E-state index is 12.2. The number of nitrogens with zero attached hydrogens (tertiary/aromatic N) is 1. The number of carbonyl (C=O) groups is 1. The van der Waals surface area contributed by atoms with Crippen molar-refractivity contribution in [1.82, 2.24) is 15.5 Å². The first kappa shape index (κ1) is 15.3. The summed E-state index contributed by atoms with van der Waals surface area (Å²) in [5.74, 6) is 2.53. The molecule has 112 valence electrons. The third-order valence-corrected chi connectivity index (χ3v) is 4.64. The number of carbonyl (C=O) groups excluding carboxylic acids is 1. The van der Waals surface area contributed by atoms with Crippen LogP contribution < -0.4 is 10.6 Å². The van der Waals surface area contributed by atoms with E-state index in [1.165, 1.54) is 25.7 Å². The molecule has 2 fully saturated rings. The highest BCUT2D eigenvalue weighted by Crippen LogP contribution is 2.30. The Morgan fingerprint density at radius 1 is 1.45 bits per heavy atom. The molecule has 2 saturated heterocycles. The molecule has 2 N–H and O–H groups in total. The van der Waals surface area contributed by atoms with Crippen molar-refractivity contribution in [2.75, 3.05) is 13.1 Å². The zero-order chi connectivity index (χ0) is 14.5. The van der Waals surface area contributed by atoms with Gasteiger partial charge in [0.25, 0.3) is 0 Å². The number of amides is 1. The van der Waals surface area contributed by atoms with Crippen LogP contribution in [0.15, 0.2) is 0 Å². The van der Waals surface area contributed by atoms with Gasteiger partial charge in [-0.1, -0.05) is 12.8 Å². The van der Waals surface area contributed by atoms with E-state index in [1.807, 2.05) is 6.92 Å². The minimum Gasteiger partial charge on any atom is -0.344 e. The van der Waals surface area contributed by atoms with Crippen LogP contribution in [0.1, 0.15) is 46.0 Å². The summed E-state index contributed by atoms with van der Waals surface area (Å²) in [6, 6.07) is 1.74. The van der Waals surface area contributed by atoms with Crippen molar-refractivity contribution >= 4 is 5.91 Å². The summed E-state index contributed by atoms with van der Waals surface area (Å²) >= 11 is 0. The number of hydrogen-bond donors (Lipinski definition) is 2. The maximum atomic E-state index is 12.2. The second-order valence-electron chi connectivity index (χ2n) is 6.10. The van der Waals surface area contributed by atoms with Gasteiger partial charge < -0.3 is 10.6 Å². The topological polar surface area (TPSA) is 44.4 Å². The Morgan fingerprint density at radius 2 is 2.10 bits per heavy atom. The van der Waals surface area contributed by atoms with Gasteiger partial charge >= 0.3 is 0 Å². The van der Waals surface area contributed by atoms with Crippen molar-refractivity contribution in [3.8, 4) is 12.3 Å². The van der Waals surface area contributed by atoms with Crippen molar-refractivity contribution in [1.29, 1.82) is 0 Å². The predicted octanol–water partition coefficient (Wildman–Crippen LogP) is 1.12. The average molecular weight is 277 g/mol. The first-order valence-electron chi connectivity index (χ1n) is 7.88. The second-order valence-corrected chi connectivity index (χ2v) is 6.10. The molecule has 2 aliphatic heterocycles. The molecule has 20 heavy (non-hydrogen) atoms. The van der Waals surface area contributed by atoms with Gasteiger partial charge in [0.1, 0.15) is 0 Å². The van der Waals surface area contributed by atoms with E-state index in [4.69, 9.17) is 6.42 Å². The average Bonchev–Trinajstić information content (AvgIpc) is 2.80. The summed E-state index contributed by atoms with van der Waals surface area (Å²) in [5.41, 5.74) is 0. The molecule has 0 aromatic heterocycles. The molecule has 4 heteroatoms. The first-order valence-corrected chi connectivity index (χ1v) is 7.88. The van der Waals surface area contributed by atoms with E-state index in [0.29, 0.717) is 24.7 Å². The molecule has 0 saturated carbocycles. The fourth-order valence-corrected chi connectivity index (χ4v) is 3.69. The van der Waals surface area contributed by atoms with Gasteiger partial charge in [0, 0.05) is 18.1 Å². The number of hydrogen-bond acceptors (Lipinski definition) is 3. The lowest BCUT2D eigenvalue weighted by Gasteiger charge is -2.40. The Labute approximate surface area is 122 Å². The van der Waals surface area contributed by atoms with Gasteiger partial charge in [-0.15, -0.1) is 6.42 Å². The molecule has 1 amide bonds. The van der Waals surface area contributed by atoms with Gasteiger partial charge in [0.2, 0.25) is 5.91 Å². The highest BCUT2D eigenvalue weighted by atomic mass is 16.2. The smallest absolute Gasteiger partial charge is 0.237 e. The molecule has 2 aliphatic rings. The van der Waals surface area contributed by atoms with Gasteiger partial charge in [-0.25, -0.2) is 0 Å². The van der Waals surface area contributed by atoms with E-state index in [1.54, 1.807) is 0 Å². The zero-order valence-electron chi connectivity index (χ0n) is 12.7. The fourth-order valence-electron chi connectivity index (χ4n) is 3.69. The Balaban J connectivity index is 1.98. The summed E-state index contributed by atoms with van der Waals surface area (Å²) in [4.78, 5) is 14.6. The normalized spacial score (nSPS) is 30.0. The van der Waals surface area contributed by atoms with Crippen molar-refractivity contribution in [3.63, 3.8) is 0 Å². The third kappa shape index (κ3) is 3.53. The van der Waals surface area contributed by atoms with Crippen LogP contribution in [0.2, 0.25) is 0 Å². The van der Waals surface area contributed by atoms with Crippen LogP contribution in [0.25, 0.3) is 0 Å². The van der Waals surface area contributed by atoms with E-state index in [9.17, 15) is 4.79 Å². The molecule has 0 radical (unpaired) electrons. The van der Waals surface area contributed by atoms with Crippen LogP contribution >= 0.6 is 0 Å². The van der Waals surface area contributed by atoms with Gasteiger partial charge in [-0.05, 0) is 45.6 Å². The van der Waals surface area contributed by atoms with Crippen molar-refractivity contribution in [2.45, 2.75) is 70.1 Å². The summed E-state index contributed by atoms with van der Waals surface area (Å²) in [7, 11) is 0. The monoisotopic (exact) mass is 277 g/mol. The number of fused-ring (bicyclic) bond motifs is 2. The molecule has 0 aliphatic carbocycles. The molecule has 3 unspecified atom stereocenters. The predicted molar refractivity (Wildman–Crippen MR) is 81.3 cm³/mol. The molecule has 3 atom stereocenters. The molecular formula is C16H27N3O. The Kier molecular flexibility index (Phi) is 5.45. The van der Waals surface area contributed by atoms with Crippen LogP contribution in [-0.4, -0.2) is 48.1 Å². The second kappa shape index (κ2) is 7.10. The van der Waals surface area contributed by atoms with Crippen molar-refractivity contribution in [2.24, 2.45) is 0 Å². The van der Waals surface area contributed by atoms with Crippen LogP contribution in [0.3, 0.4) is 0 Å². The zero-order valence-corrected chi connectivity index (χ0v) is 12.7. The lowest BCUT2D eigenvalue weighted by atomic mass is 9.96. The lowest BCUT2D eigenvalue weighted by Crippen LogP contribution is -2.55. The van der Waals surface area contributed by atoms with Crippen LogP contribution in [0.4, 0.5) is 0 Å². The number of terminal acetylenes is 1. The highest BCUT2D eigenvalue weighted by molar-refractivity contribution is 5.81. The summed E-state index contributed by atoms with van der Waals surface area (Å²) in [5, 5.41) is 6.48. The number of nitrogens with one attached hydrogen (secondary N) is 2. The number of rotatable bonds is 6. The molecule has 2 rings (SSSR count). The maximum Gasteiger partial charge on any atom is 0.237 e. The van der Waals surface area contributed by atoms with Gasteiger partial charge in [-0.3, -0.25) is 9.69 Å². The van der Waals surface area contributed by atoms with Gasteiger partial charge in [0.15, 0.2) is 0 Å². The summed E-state index contributed by atoms with van der Waals surface area (Å²) < 4.78 is 0. The molecule has 0 aromatic carbocycles. The Hall–Kier alpha value is -1.05. The molecule has 2 bridgehead atoms. The van der Waals surface area contributed by atoms with Crippen LogP contribution in [0, 0.1) is 12.3 Å². The highest BCUT2D eigenvalue weighted by Gasteiger charge is 2.38. The number of piperidine rings is 1. The molecule has 0 aromatic rings. The van der Waals surface area contributed by atoms with Crippen molar-refractivity contribution < 1.29 is 4.79 Å². The Morgan fingerprint density at radius 3 is 2.65 bits per heavy atom. The van der Waals surface area contributed by atoms with E-state index in [-0.39, 0.29) is 11.9 Å². The van der Waals surface area contributed by atoms with E-state index < -0.39 is 0 Å². The van der Waals surface area contributed by atoms with Gasteiger partial charge in [-0.2, -0.15) is 0 Å². The minimum absolute atomic E-state index is 0.0577. The van der Waals surface area contributed by atoms with Crippen molar-refractivity contribution in [3.05, 3.63) is 0 Å². The summed E-state index contributed by atoms with van der Waals surface area (Å²) in [6.07, 6.45) is 11.2. The molecular weight excluding hydrogens is 250 g/mol. The quantitative estimate of drug-likeness (QED) is 0.715. The standard InChI is InChI=1S/C16H27N3O/c1-4-8-17-16(20)12(3)19(9-5-2)15-10-13-6-7-14(11-15)18-13/h1,12-15,18H,5-11H2,2-3H3,(H,17,20). The van der Waals surface area contributed by atoms with E-state index in [0.717, 1.165) is 13.0 Å². The molecule has 4 nitrogen and oxygen atoms in total. The molecule has 2 heterocycles. The summed E-state index contributed by atoms with van der Waals surface area (Å²) in [6.45, 7) is 5.48. The SMILES string of the molecule is C#CCNC(=O)C(C)N(CCC)C1CC2CCC(C1)N2. The van der Waals surface area contributed by atoms with Crippen LogP contribution in [0.5, 0.6) is 0 Å². The lowest BCUT2D eigenvalue weighted by molar-refractivity contribution is -0.127.